The van der Waals surface area contributed by atoms with Gasteiger partial charge in [0, 0.05) is 20.0 Å². The number of aliphatic hydroxyl groups is 1. The van der Waals surface area contributed by atoms with Crippen LogP contribution in [0.1, 0.15) is 80.8 Å². The highest BCUT2D eigenvalue weighted by Crippen LogP contribution is 2.39. The van der Waals surface area contributed by atoms with Gasteiger partial charge < -0.3 is 20.4 Å². The van der Waals surface area contributed by atoms with E-state index in [1.54, 1.807) is 0 Å². The minimum atomic E-state index is -0.583. The number of nitrogens with one attached hydrogen (secondary N) is 1. The molecule has 3 N–H and O–H groups in total. The molecule has 4 atom stereocenters. The summed E-state index contributed by atoms with van der Waals surface area (Å²) in [5, 5.41) is 24.0. The number of phenolic OH excluding ortho intramolecular Hbond substituents is 1. The predicted molar refractivity (Wildman–Crippen MR) is 112 cm³/mol. The van der Waals surface area contributed by atoms with Crippen molar-refractivity contribution in [3.05, 3.63) is 28.8 Å². The summed E-state index contributed by atoms with van der Waals surface area (Å²) < 4.78 is 0. The second-order valence-corrected chi connectivity index (χ2v) is 9.39. The minimum Gasteiger partial charge on any atom is -0.507 e. The van der Waals surface area contributed by atoms with E-state index in [-0.39, 0.29) is 47.3 Å². The molecule has 0 unspecified atom stereocenters. The van der Waals surface area contributed by atoms with Gasteiger partial charge in [-0.3, -0.25) is 9.59 Å². The van der Waals surface area contributed by atoms with Crippen LogP contribution in [0.3, 0.4) is 0 Å². The number of carbonyl (C=O) groups excluding carboxylic acids is 2. The number of phenols is 1. The maximum Gasteiger partial charge on any atom is 0.257 e. The van der Waals surface area contributed by atoms with E-state index in [0.717, 1.165) is 11.1 Å². The van der Waals surface area contributed by atoms with E-state index in [9.17, 15) is 19.8 Å². The van der Waals surface area contributed by atoms with Gasteiger partial charge in [-0.05, 0) is 53.7 Å². The molecule has 0 bridgehead atoms. The first-order chi connectivity index (χ1) is 13.6. The zero-order valence-corrected chi connectivity index (χ0v) is 18.1. The molecule has 2 fully saturated rings. The van der Waals surface area contributed by atoms with Crippen LogP contribution < -0.4 is 5.32 Å². The average molecular weight is 403 g/mol. The molecule has 29 heavy (non-hydrogen) atoms. The van der Waals surface area contributed by atoms with Crippen LogP contribution in [0.4, 0.5) is 0 Å². The van der Waals surface area contributed by atoms with E-state index in [1.807, 2.05) is 30.9 Å². The summed E-state index contributed by atoms with van der Waals surface area (Å²) in [4.78, 5) is 26.5. The van der Waals surface area contributed by atoms with Crippen LogP contribution in [0.5, 0.6) is 5.75 Å². The lowest BCUT2D eigenvalue weighted by Gasteiger charge is -2.35. The zero-order chi connectivity index (χ0) is 21.5. The van der Waals surface area contributed by atoms with E-state index < -0.39 is 6.10 Å². The van der Waals surface area contributed by atoms with Crippen LogP contribution in [0, 0.1) is 11.8 Å². The number of hydrogen-bond donors (Lipinski definition) is 3. The van der Waals surface area contributed by atoms with E-state index in [1.165, 1.54) is 6.92 Å². The Balaban J connectivity index is 1.83. The highest BCUT2D eigenvalue weighted by molar-refractivity contribution is 5.97. The van der Waals surface area contributed by atoms with Gasteiger partial charge in [-0.1, -0.05) is 33.8 Å². The van der Waals surface area contributed by atoms with Crippen LogP contribution in [0.25, 0.3) is 0 Å². The van der Waals surface area contributed by atoms with Gasteiger partial charge >= 0.3 is 0 Å². The molecule has 0 aromatic heterocycles. The molecule has 1 saturated heterocycles. The molecule has 1 aliphatic carbocycles. The topological polar surface area (TPSA) is 89.9 Å². The normalized spacial score (nSPS) is 26.7. The molecule has 0 radical (unpaired) electrons. The molecule has 2 aliphatic rings. The van der Waals surface area contributed by atoms with Crippen molar-refractivity contribution in [3.63, 3.8) is 0 Å². The fourth-order valence-corrected chi connectivity index (χ4v) is 4.80. The van der Waals surface area contributed by atoms with Crippen molar-refractivity contribution in [1.29, 1.82) is 0 Å². The number of nitrogens with zero attached hydrogens (tertiary/aromatic N) is 1. The molecule has 1 saturated carbocycles. The molecular formula is C23H34N2O4. The lowest BCUT2D eigenvalue weighted by atomic mass is 9.77. The second-order valence-electron chi connectivity index (χ2n) is 9.39. The van der Waals surface area contributed by atoms with E-state index in [0.29, 0.717) is 31.5 Å². The summed E-state index contributed by atoms with van der Waals surface area (Å²) in [6, 6.07) is 3.57. The second kappa shape index (κ2) is 8.34. The number of benzene rings is 1. The Labute approximate surface area is 173 Å². The van der Waals surface area contributed by atoms with Crippen molar-refractivity contribution >= 4 is 11.8 Å². The van der Waals surface area contributed by atoms with Crippen LogP contribution >= 0.6 is 0 Å². The maximum absolute atomic E-state index is 13.3. The van der Waals surface area contributed by atoms with E-state index in [4.69, 9.17) is 0 Å². The monoisotopic (exact) mass is 402 g/mol. The molecule has 1 heterocycles. The first-order valence-electron chi connectivity index (χ1n) is 10.7. The van der Waals surface area contributed by atoms with Gasteiger partial charge in [-0.25, -0.2) is 0 Å². The maximum atomic E-state index is 13.3. The molecule has 160 valence electrons. The molecule has 6 nitrogen and oxygen atoms in total. The van der Waals surface area contributed by atoms with Gasteiger partial charge in [0.2, 0.25) is 5.91 Å². The number of fused-ring (bicyclic) bond motifs is 1. The molecule has 2 amide bonds. The average Bonchev–Trinajstić information content (AvgIpc) is 3.03. The number of carbonyl (C=O) groups is 2. The molecule has 1 aromatic carbocycles. The predicted octanol–water partition coefficient (Wildman–Crippen LogP) is 2.99. The number of hydrogen-bond acceptors (Lipinski definition) is 4. The lowest BCUT2D eigenvalue weighted by molar-refractivity contribution is -0.121. The fourth-order valence-electron chi connectivity index (χ4n) is 4.80. The molecule has 3 rings (SSSR count). The smallest absolute Gasteiger partial charge is 0.257 e. The van der Waals surface area contributed by atoms with Crippen LogP contribution in [0.2, 0.25) is 0 Å². The van der Waals surface area contributed by atoms with Crippen LogP contribution in [-0.2, 0) is 4.79 Å². The van der Waals surface area contributed by atoms with Gasteiger partial charge in [0.15, 0.2) is 0 Å². The molecule has 1 aliphatic heterocycles. The van der Waals surface area contributed by atoms with Crippen molar-refractivity contribution < 1.29 is 19.8 Å². The highest BCUT2D eigenvalue weighted by atomic mass is 16.3. The summed E-state index contributed by atoms with van der Waals surface area (Å²) in [5.41, 5.74) is 2.22. The Morgan fingerprint density at radius 2 is 1.69 bits per heavy atom. The highest BCUT2D eigenvalue weighted by Gasteiger charge is 2.43. The lowest BCUT2D eigenvalue weighted by Crippen LogP contribution is -2.48. The Kier molecular flexibility index (Phi) is 6.22. The van der Waals surface area contributed by atoms with Gasteiger partial charge in [0.25, 0.3) is 5.91 Å². The number of rotatable bonds is 4. The fraction of sp³-hybridized carbons (Fsp3) is 0.652. The first kappa shape index (κ1) is 21.6. The van der Waals surface area contributed by atoms with Crippen molar-refractivity contribution in [2.75, 3.05) is 13.1 Å². The quantitative estimate of drug-likeness (QED) is 0.722. The van der Waals surface area contributed by atoms with Crippen LogP contribution in [-0.4, -0.2) is 52.2 Å². The van der Waals surface area contributed by atoms with Crippen molar-refractivity contribution in [3.8, 4) is 5.75 Å². The van der Waals surface area contributed by atoms with Crippen molar-refractivity contribution in [2.45, 2.75) is 71.4 Å². The third-order valence-electron chi connectivity index (χ3n) is 6.50. The Bertz CT molecular complexity index is 789. The largest absolute Gasteiger partial charge is 0.507 e. The van der Waals surface area contributed by atoms with Crippen LogP contribution in [0.15, 0.2) is 12.1 Å². The van der Waals surface area contributed by atoms with E-state index in [2.05, 4.69) is 19.2 Å². The first-order valence-corrected chi connectivity index (χ1v) is 10.7. The zero-order valence-electron chi connectivity index (χ0n) is 18.1. The Hall–Kier alpha value is -2.08. The summed E-state index contributed by atoms with van der Waals surface area (Å²) in [5.74, 6) is 0.643. The summed E-state index contributed by atoms with van der Waals surface area (Å²) in [6.07, 6.45) is 0.666. The number of amides is 2. The Morgan fingerprint density at radius 1 is 1.07 bits per heavy atom. The van der Waals surface area contributed by atoms with Gasteiger partial charge in [0.1, 0.15) is 5.75 Å². The number of aliphatic hydroxyl groups excluding tert-OH is 1. The molecule has 6 heteroatoms. The van der Waals surface area contributed by atoms with Crippen molar-refractivity contribution in [1.82, 2.24) is 10.2 Å². The van der Waals surface area contributed by atoms with Crippen molar-refractivity contribution in [2.24, 2.45) is 11.8 Å². The molecule has 1 aromatic rings. The van der Waals surface area contributed by atoms with Gasteiger partial charge in [0.05, 0.1) is 17.7 Å². The summed E-state index contributed by atoms with van der Waals surface area (Å²) >= 11 is 0. The van der Waals surface area contributed by atoms with Gasteiger partial charge in [-0.15, -0.1) is 0 Å². The molecule has 0 spiro atoms. The standard InChI is InChI=1S/C23H34N2O4/c1-12(2)15-6-18(13(3)4)22(28)19(7-15)23(29)25-10-16-8-20(24-14(5)26)21(27)9-17(16)11-25/h6-7,12-13,16-17,20-21,27-28H,8-11H2,1-5H3,(H,24,26)/t16-,17+,20-,21-/m1/s1. The number of likely N-dealkylation sites (tertiary alicyclic amines) is 1. The van der Waals surface area contributed by atoms with Gasteiger partial charge in [-0.2, -0.15) is 0 Å². The van der Waals surface area contributed by atoms with E-state index >= 15 is 0 Å². The summed E-state index contributed by atoms with van der Waals surface area (Å²) in [7, 11) is 0. The Morgan fingerprint density at radius 3 is 2.24 bits per heavy atom. The minimum absolute atomic E-state index is 0.0837. The SMILES string of the molecule is CC(=O)N[C@@H]1C[C@@H]2CN(C(=O)c3cc(C(C)C)cc(C(C)C)c3O)C[C@@H]2C[C@H]1O. The summed E-state index contributed by atoms with van der Waals surface area (Å²) in [6.45, 7) is 10.8. The molecular weight excluding hydrogens is 368 g/mol. The third-order valence-corrected chi connectivity index (χ3v) is 6.50. The number of aromatic hydroxyl groups is 1. The third kappa shape index (κ3) is 4.42.